The van der Waals surface area contributed by atoms with Gasteiger partial charge in [0, 0.05) is 11.6 Å². The van der Waals surface area contributed by atoms with Gasteiger partial charge in [-0.3, -0.25) is 4.98 Å². The minimum absolute atomic E-state index is 0.329. The summed E-state index contributed by atoms with van der Waals surface area (Å²) in [5, 5.41) is 1.38. The third-order valence-corrected chi connectivity index (χ3v) is 3.30. The Labute approximate surface area is 94.0 Å². The van der Waals surface area contributed by atoms with Crippen LogP contribution in [0, 0.1) is 12.7 Å². The van der Waals surface area contributed by atoms with E-state index in [0.29, 0.717) is 15.0 Å². The second kappa shape index (κ2) is 3.48. The van der Waals surface area contributed by atoms with Crippen LogP contribution in [-0.4, -0.2) is 4.98 Å². The summed E-state index contributed by atoms with van der Waals surface area (Å²) in [7, 11) is 0. The summed E-state index contributed by atoms with van der Waals surface area (Å²) in [5.41, 5.74) is 1.44. The highest BCUT2D eigenvalue weighted by Crippen LogP contribution is 2.31. The monoisotopic (exact) mass is 273 g/mol. The van der Waals surface area contributed by atoms with Crippen molar-refractivity contribution in [1.82, 2.24) is 4.98 Å². The van der Waals surface area contributed by atoms with E-state index in [1.54, 1.807) is 12.3 Å². The van der Waals surface area contributed by atoms with Gasteiger partial charge in [-0.05, 0) is 40.5 Å². The van der Waals surface area contributed by atoms with Gasteiger partial charge in [-0.1, -0.05) is 11.6 Å². The van der Waals surface area contributed by atoms with Crippen LogP contribution in [0.4, 0.5) is 4.39 Å². The lowest BCUT2D eigenvalue weighted by Gasteiger charge is -2.04. The third-order valence-electron chi connectivity index (χ3n) is 2.04. The minimum Gasteiger partial charge on any atom is -0.255 e. The van der Waals surface area contributed by atoms with E-state index in [1.807, 2.05) is 6.92 Å². The van der Waals surface area contributed by atoms with Crippen LogP contribution in [0.2, 0.25) is 5.02 Å². The van der Waals surface area contributed by atoms with Crippen molar-refractivity contribution in [1.29, 1.82) is 0 Å². The van der Waals surface area contributed by atoms with E-state index < -0.39 is 0 Å². The standard InChI is InChI=1S/C10H6BrClFN/c1-5-4-14-10-6(9(5)12)2-3-7(13)8(10)11/h2-4H,1H3. The number of benzene rings is 1. The van der Waals surface area contributed by atoms with Gasteiger partial charge in [0.1, 0.15) is 5.82 Å². The van der Waals surface area contributed by atoms with E-state index in [2.05, 4.69) is 20.9 Å². The van der Waals surface area contributed by atoms with Crippen molar-refractivity contribution in [3.63, 3.8) is 0 Å². The third kappa shape index (κ3) is 1.41. The van der Waals surface area contributed by atoms with E-state index in [4.69, 9.17) is 11.6 Å². The van der Waals surface area contributed by atoms with Crippen LogP contribution in [0.15, 0.2) is 22.8 Å². The van der Waals surface area contributed by atoms with Crippen LogP contribution in [0.5, 0.6) is 0 Å². The van der Waals surface area contributed by atoms with Crippen LogP contribution >= 0.6 is 27.5 Å². The summed E-state index contributed by atoms with van der Waals surface area (Å²) in [6.45, 7) is 1.87. The molecule has 1 aromatic carbocycles. The predicted molar refractivity (Wildman–Crippen MR) is 59.1 cm³/mol. The molecule has 0 fully saturated rings. The van der Waals surface area contributed by atoms with Gasteiger partial charge in [0.2, 0.25) is 0 Å². The molecule has 1 aromatic heterocycles. The smallest absolute Gasteiger partial charge is 0.139 e. The number of aryl methyl sites for hydroxylation is 1. The zero-order valence-corrected chi connectivity index (χ0v) is 9.66. The highest BCUT2D eigenvalue weighted by Gasteiger charge is 2.09. The second-order valence-corrected chi connectivity index (χ2v) is 4.18. The molecule has 0 radical (unpaired) electrons. The highest BCUT2D eigenvalue weighted by atomic mass is 79.9. The molecule has 0 saturated carbocycles. The molecule has 0 unspecified atom stereocenters. The largest absolute Gasteiger partial charge is 0.255 e. The van der Waals surface area contributed by atoms with E-state index in [9.17, 15) is 4.39 Å². The van der Waals surface area contributed by atoms with E-state index in [-0.39, 0.29) is 5.82 Å². The molecule has 0 amide bonds. The molecule has 0 aliphatic rings. The van der Waals surface area contributed by atoms with Crippen LogP contribution in [0.1, 0.15) is 5.56 Å². The number of pyridine rings is 1. The van der Waals surface area contributed by atoms with Crippen molar-refractivity contribution in [3.05, 3.63) is 39.2 Å². The van der Waals surface area contributed by atoms with E-state index in [1.165, 1.54) is 6.07 Å². The molecule has 0 atom stereocenters. The normalized spacial score (nSPS) is 10.9. The molecule has 0 N–H and O–H groups in total. The molecule has 0 aliphatic carbocycles. The fraction of sp³-hybridized carbons (Fsp3) is 0.100. The molecule has 0 saturated heterocycles. The molecule has 0 bridgehead atoms. The minimum atomic E-state index is -0.329. The lowest BCUT2D eigenvalue weighted by molar-refractivity contribution is 0.623. The van der Waals surface area contributed by atoms with Crippen LogP contribution in [0.3, 0.4) is 0 Å². The van der Waals surface area contributed by atoms with Crippen LogP contribution in [-0.2, 0) is 0 Å². The Morgan fingerprint density at radius 1 is 1.43 bits per heavy atom. The molecule has 1 nitrogen and oxygen atoms in total. The molecular weight excluding hydrogens is 268 g/mol. The van der Waals surface area contributed by atoms with Gasteiger partial charge in [-0.15, -0.1) is 0 Å². The molecule has 72 valence electrons. The molecule has 2 rings (SSSR count). The first-order valence-corrected chi connectivity index (χ1v) is 5.17. The maximum Gasteiger partial charge on any atom is 0.139 e. The summed E-state index contributed by atoms with van der Waals surface area (Å²) >= 11 is 9.21. The Bertz CT molecular complexity index is 466. The van der Waals surface area contributed by atoms with Gasteiger partial charge in [0.25, 0.3) is 0 Å². The Balaban J connectivity index is 2.94. The number of hydrogen-bond acceptors (Lipinski definition) is 1. The highest BCUT2D eigenvalue weighted by molar-refractivity contribution is 9.10. The quantitative estimate of drug-likeness (QED) is 0.705. The molecule has 4 heteroatoms. The van der Waals surface area contributed by atoms with Crippen molar-refractivity contribution < 1.29 is 4.39 Å². The molecule has 2 aromatic rings. The Morgan fingerprint density at radius 3 is 2.86 bits per heavy atom. The Hall–Kier alpha value is -0.670. The molecular formula is C10H6BrClFN. The van der Waals surface area contributed by atoms with E-state index >= 15 is 0 Å². The van der Waals surface area contributed by atoms with Gasteiger partial charge in [-0.25, -0.2) is 4.39 Å². The van der Waals surface area contributed by atoms with Crippen molar-refractivity contribution >= 4 is 38.4 Å². The van der Waals surface area contributed by atoms with Crippen molar-refractivity contribution in [2.45, 2.75) is 6.92 Å². The average Bonchev–Trinajstić information content (AvgIpc) is 2.17. The summed E-state index contributed by atoms with van der Waals surface area (Å²) in [6.07, 6.45) is 1.63. The molecule has 14 heavy (non-hydrogen) atoms. The maximum atomic E-state index is 13.2. The van der Waals surface area contributed by atoms with E-state index in [0.717, 1.165) is 10.9 Å². The summed E-state index contributed by atoms with van der Waals surface area (Å²) < 4.78 is 13.5. The number of hydrogen-bond donors (Lipinski definition) is 0. The van der Waals surface area contributed by atoms with Crippen LogP contribution in [0.25, 0.3) is 10.9 Å². The first-order chi connectivity index (χ1) is 6.61. The topological polar surface area (TPSA) is 12.9 Å². The predicted octanol–water partition coefficient (Wildman–Crippen LogP) is 4.10. The Morgan fingerprint density at radius 2 is 2.14 bits per heavy atom. The van der Waals surface area contributed by atoms with Gasteiger partial charge >= 0.3 is 0 Å². The second-order valence-electron chi connectivity index (χ2n) is 3.01. The lowest BCUT2D eigenvalue weighted by atomic mass is 10.2. The average molecular weight is 275 g/mol. The summed E-state index contributed by atoms with van der Waals surface area (Å²) in [4.78, 5) is 4.13. The molecule has 0 aliphatic heterocycles. The van der Waals surface area contributed by atoms with Gasteiger partial charge in [-0.2, -0.15) is 0 Å². The van der Waals surface area contributed by atoms with Gasteiger partial charge in [0.15, 0.2) is 0 Å². The SMILES string of the molecule is Cc1cnc2c(Br)c(F)ccc2c1Cl. The fourth-order valence-corrected chi connectivity index (χ4v) is 1.92. The number of aromatic nitrogens is 1. The van der Waals surface area contributed by atoms with Crippen molar-refractivity contribution in [2.75, 3.05) is 0 Å². The first kappa shape index (κ1) is 9.87. The van der Waals surface area contributed by atoms with Gasteiger partial charge in [0.05, 0.1) is 15.0 Å². The number of fused-ring (bicyclic) bond motifs is 1. The molecule has 0 spiro atoms. The zero-order chi connectivity index (χ0) is 10.3. The van der Waals surface area contributed by atoms with Gasteiger partial charge < -0.3 is 0 Å². The molecule has 1 heterocycles. The number of halogens is 3. The number of rotatable bonds is 0. The first-order valence-electron chi connectivity index (χ1n) is 4.00. The van der Waals surface area contributed by atoms with Crippen LogP contribution < -0.4 is 0 Å². The van der Waals surface area contributed by atoms with Crippen molar-refractivity contribution in [2.24, 2.45) is 0 Å². The van der Waals surface area contributed by atoms with Crippen molar-refractivity contribution in [3.8, 4) is 0 Å². The fourth-order valence-electron chi connectivity index (χ4n) is 1.27. The maximum absolute atomic E-state index is 13.2. The zero-order valence-electron chi connectivity index (χ0n) is 7.31. The number of nitrogens with zero attached hydrogens (tertiary/aromatic N) is 1. The summed E-state index contributed by atoms with van der Waals surface area (Å²) in [6, 6.07) is 3.01. The summed E-state index contributed by atoms with van der Waals surface area (Å²) in [5.74, 6) is -0.329. The Kier molecular flexibility index (Phi) is 2.45. The lowest BCUT2D eigenvalue weighted by Crippen LogP contribution is -1.87.